The van der Waals surface area contributed by atoms with E-state index in [1.54, 1.807) is 0 Å². The summed E-state index contributed by atoms with van der Waals surface area (Å²) < 4.78 is 0. The van der Waals surface area contributed by atoms with Crippen LogP contribution in [0.25, 0.3) is 0 Å². The van der Waals surface area contributed by atoms with E-state index in [9.17, 15) is 4.79 Å². The molecule has 0 aromatic carbocycles. The number of rotatable bonds is 8. The van der Waals surface area contributed by atoms with Crippen LogP contribution in [0.4, 0.5) is 0 Å². The van der Waals surface area contributed by atoms with Crippen molar-refractivity contribution in [1.82, 2.24) is 0 Å². The maximum absolute atomic E-state index is 11.5. The first-order valence-electron chi connectivity index (χ1n) is 7.01. The molecule has 1 nitrogen and oxygen atoms in total. The fourth-order valence-corrected chi connectivity index (χ4v) is 2.08. The topological polar surface area (TPSA) is 17.1 Å². The lowest BCUT2D eigenvalue weighted by molar-refractivity contribution is -0.113. The molecule has 0 unspecified atom stereocenters. The highest BCUT2D eigenvalue weighted by molar-refractivity contribution is 6.84. The first kappa shape index (κ1) is 16.4. The average Bonchev–Trinajstić information content (AvgIpc) is 2.24. The largest absolute Gasteiger partial charge is 0.285 e. The SMILES string of the molecule is CCCCCCCCCC(=O)C#C[Si](C)(C)C. The van der Waals surface area contributed by atoms with E-state index in [1.165, 1.54) is 38.5 Å². The molecule has 0 N–H and O–H groups in total. The van der Waals surface area contributed by atoms with Gasteiger partial charge in [0.25, 0.3) is 0 Å². The Hall–Kier alpha value is -0.553. The predicted molar refractivity (Wildman–Crippen MR) is 78.7 cm³/mol. The van der Waals surface area contributed by atoms with Gasteiger partial charge in [0.2, 0.25) is 5.78 Å². The molecule has 0 fully saturated rings. The van der Waals surface area contributed by atoms with Crippen molar-refractivity contribution in [3.63, 3.8) is 0 Å². The fourth-order valence-electron chi connectivity index (χ4n) is 1.56. The number of ketones is 1. The van der Waals surface area contributed by atoms with Crippen LogP contribution in [0.1, 0.15) is 58.3 Å². The summed E-state index contributed by atoms with van der Waals surface area (Å²) in [6.45, 7) is 8.74. The average molecular weight is 252 g/mol. The zero-order valence-electron chi connectivity index (χ0n) is 12.1. The molecule has 0 radical (unpaired) electrons. The Labute approximate surface area is 108 Å². The first-order chi connectivity index (χ1) is 7.95. The molecule has 0 amide bonds. The summed E-state index contributed by atoms with van der Waals surface area (Å²) in [5.74, 6) is 2.95. The Balaban J connectivity index is 3.48. The molecule has 0 spiro atoms. The number of unbranched alkanes of at least 4 members (excludes halogenated alkanes) is 6. The third-order valence-corrected chi connectivity index (χ3v) is 3.46. The zero-order chi connectivity index (χ0) is 13.1. The highest BCUT2D eigenvalue weighted by Crippen LogP contribution is 2.08. The molecule has 0 bridgehead atoms. The monoisotopic (exact) mass is 252 g/mol. The van der Waals surface area contributed by atoms with Crippen LogP contribution in [0, 0.1) is 11.5 Å². The molecular weight excluding hydrogens is 224 g/mol. The molecule has 98 valence electrons. The lowest BCUT2D eigenvalue weighted by Gasteiger charge is -2.03. The van der Waals surface area contributed by atoms with Gasteiger partial charge in [-0.15, -0.1) is 5.54 Å². The number of carbonyl (C=O) groups is 1. The van der Waals surface area contributed by atoms with Gasteiger partial charge in [-0.1, -0.05) is 65.1 Å². The summed E-state index contributed by atoms with van der Waals surface area (Å²) in [6, 6.07) is 0. The first-order valence-corrected chi connectivity index (χ1v) is 10.5. The van der Waals surface area contributed by atoms with Crippen molar-refractivity contribution in [2.75, 3.05) is 0 Å². The maximum Gasteiger partial charge on any atom is 0.204 e. The van der Waals surface area contributed by atoms with E-state index >= 15 is 0 Å². The Bertz CT molecular complexity index is 265. The zero-order valence-corrected chi connectivity index (χ0v) is 13.1. The third kappa shape index (κ3) is 13.4. The Morgan fingerprint density at radius 3 is 2.00 bits per heavy atom. The van der Waals surface area contributed by atoms with Crippen LogP contribution in [-0.4, -0.2) is 13.9 Å². The molecular formula is C15H28OSi. The van der Waals surface area contributed by atoms with Gasteiger partial charge in [0.1, 0.15) is 8.07 Å². The van der Waals surface area contributed by atoms with Crippen LogP contribution in [0.15, 0.2) is 0 Å². The van der Waals surface area contributed by atoms with Crippen molar-refractivity contribution in [2.45, 2.75) is 77.9 Å². The predicted octanol–water partition coefficient (Wildman–Crippen LogP) is 4.58. The second-order valence-electron chi connectivity index (χ2n) is 5.79. The number of carbonyl (C=O) groups excluding carboxylic acids is 1. The quantitative estimate of drug-likeness (QED) is 0.351. The summed E-state index contributed by atoms with van der Waals surface area (Å²) in [4.78, 5) is 11.5. The standard InChI is InChI=1S/C15H28OSi/c1-5-6-7-8-9-10-11-12-15(16)13-14-17(2,3)4/h5-12H2,1-4H3. The lowest BCUT2D eigenvalue weighted by Crippen LogP contribution is -2.17. The van der Waals surface area contributed by atoms with Crippen LogP contribution in [0.2, 0.25) is 19.6 Å². The summed E-state index contributed by atoms with van der Waals surface area (Å²) in [5, 5.41) is 0. The van der Waals surface area contributed by atoms with E-state index in [4.69, 9.17) is 0 Å². The van der Waals surface area contributed by atoms with Crippen LogP contribution in [0.5, 0.6) is 0 Å². The molecule has 0 saturated carbocycles. The Kier molecular flexibility index (Phi) is 9.17. The smallest absolute Gasteiger partial charge is 0.204 e. The minimum absolute atomic E-state index is 0.140. The normalized spacial score (nSPS) is 10.8. The van der Waals surface area contributed by atoms with Crippen molar-refractivity contribution in [3.05, 3.63) is 0 Å². The summed E-state index contributed by atoms with van der Waals surface area (Å²) in [5.41, 5.74) is 3.13. The Morgan fingerprint density at radius 2 is 1.47 bits per heavy atom. The summed E-state index contributed by atoms with van der Waals surface area (Å²) >= 11 is 0. The molecule has 17 heavy (non-hydrogen) atoms. The number of hydrogen-bond acceptors (Lipinski definition) is 1. The Morgan fingerprint density at radius 1 is 0.941 bits per heavy atom. The minimum Gasteiger partial charge on any atom is -0.285 e. The summed E-state index contributed by atoms with van der Waals surface area (Å²) in [6.07, 6.45) is 9.45. The molecule has 0 aromatic rings. The van der Waals surface area contributed by atoms with Gasteiger partial charge < -0.3 is 0 Å². The van der Waals surface area contributed by atoms with Gasteiger partial charge in [0, 0.05) is 6.42 Å². The lowest BCUT2D eigenvalue weighted by atomic mass is 10.1. The van der Waals surface area contributed by atoms with E-state index in [0.717, 1.165) is 6.42 Å². The van der Waals surface area contributed by atoms with E-state index in [1.807, 2.05) is 0 Å². The molecule has 2 heteroatoms. The van der Waals surface area contributed by atoms with Crippen molar-refractivity contribution < 1.29 is 4.79 Å². The van der Waals surface area contributed by atoms with Gasteiger partial charge in [0.05, 0.1) is 0 Å². The summed E-state index contributed by atoms with van der Waals surface area (Å²) in [7, 11) is -1.37. The van der Waals surface area contributed by atoms with Crippen LogP contribution in [0.3, 0.4) is 0 Å². The molecule has 0 saturated heterocycles. The molecule has 0 heterocycles. The number of hydrogen-bond donors (Lipinski definition) is 0. The molecule has 0 aliphatic heterocycles. The van der Waals surface area contributed by atoms with E-state index in [0.29, 0.717) is 6.42 Å². The van der Waals surface area contributed by atoms with Crippen molar-refractivity contribution in [3.8, 4) is 11.5 Å². The molecule has 0 rings (SSSR count). The molecule has 0 atom stereocenters. The van der Waals surface area contributed by atoms with Gasteiger partial charge in [-0.2, -0.15) is 0 Å². The van der Waals surface area contributed by atoms with Crippen molar-refractivity contribution in [1.29, 1.82) is 0 Å². The van der Waals surface area contributed by atoms with Crippen molar-refractivity contribution in [2.24, 2.45) is 0 Å². The minimum atomic E-state index is -1.37. The van der Waals surface area contributed by atoms with Gasteiger partial charge in [-0.05, 0) is 12.3 Å². The van der Waals surface area contributed by atoms with Gasteiger partial charge in [-0.25, -0.2) is 0 Å². The fraction of sp³-hybridized carbons (Fsp3) is 0.800. The molecule has 0 aliphatic carbocycles. The highest BCUT2D eigenvalue weighted by atomic mass is 28.3. The van der Waals surface area contributed by atoms with E-state index < -0.39 is 8.07 Å². The third-order valence-electron chi connectivity index (χ3n) is 2.58. The van der Waals surface area contributed by atoms with Gasteiger partial charge in [-0.3, -0.25) is 4.79 Å². The van der Waals surface area contributed by atoms with Crippen LogP contribution >= 0.6 is 0 Å². The highest BCUT2D eigenvalue weighted by Gasteiger charge is 2.08. The number of Topliss-reactive ketones (excluding diaryl/α,β-unsaturated/α-hetero) is 1. The second kappa shape index (κ2) is 9.47. The second-order valence-corrected chi connectivity index (χ2v) is 10.5. The van der Waals surface area contributed by atoms with Crippen LogP contribution < -0.4 is 0 Å². The molecule has 0 aromatic heterocycles. The molecule has 0 aliphatic rings. The maximum atomic E-state index is 11.5. The van der Waals surface area contributed by atoms with E-state index in [-0.39, 0.29) is 5.78 Å². The van der Waals surface area contributed by atoms with Gasteiger partial charge >= 0.3 is 0 Å². The van der Waals surface area contributed by atoms with Crippen molar-refractivity contribution >= 4 is 13.9 Å². The van der Waals surface area contributed by atoms with Crippen LogP contribution in [-0.2, 0) is 4.79 Å². The van der Waals surface area contributed by atoms with E-state index in [2.05, 4.69) is 38.0 Å². The van der Waals surface area contributed by atoms with Gasteiger partial charge in [0.15, 0.2) is 0 Å².